The van der Waals surface area contributed by atoms with Crippen molar-refractivity contribution >= 4 is 45.1 Å². The van der Waals surface area contributed by atoms with E-state index in [9.17, 15) is 14.0 Å². The van der Waals surface area contributed by atoms with Crippen LogP contribution in [-0.2, 0) is 0 Å². The third-order valence-corrected chi connectivity index (χ3v) is 5.06. The largest absolute Gasteiger partial charge is 0.456 e. The first-order valence-electron chi connectivity index (χ1n) is 9.31. The zero-order chi connectivity index (χ0) is 21.5. The van der Waals surface area contributed by atoms with Crippen molar-refractivity contribution in [1.29, 1.82) is 0 Å². The molecule has 5 aromatic rings. The number of anilines is 1. The summed E-state index contributed by atoms with van der Waals surface area (Å²) < 4.78 is 25.3. The van der Waals surface area contributed by atoms with E-state index in [1.54, 1.807) is 48.5 Å². The monoisotopic (exact) mass is 433 g/mol. The molecule has 0 bridgehead atoms. The Balaban J connectivity index is 1.47. The molecule has 0 radical (unpaired) electrons. The fraction of sp³-hybridized carbons (Fsp3) is 0. The van der Waals surface area contributed by atoms with Crippen LogP contribution in [0.4, 0.5) is 10.1 Å². The van der Waals surface area contributed by atoms with E-state index in [0.29, 0.717) is 21.7 Å². The van der Waals surface area contributed by atoms with Crippen LogP contribution in [0.15, 0.2) is 86.4 Å². The Morgan fingerprint density at radius 2 is 1.71 bits per heavy atom. The topological polar surface area (TPSA) is 72.5 Å². The number of carbonyl (C=O) groups is 1. The summed E-state index contributed by atoms with van der Waals surface area (Å²) in [6.45, 7) is 0. The van der Waals surface area contributed by atoms with Crippen LogP contribution in [0.25, 0.3) is 33.3 Å². The van der Waals surface area contributed by atoms with E-state index in [1.165, 1.54) is 24.3 Å². The van der Waals surface area contributed by atoms with Crippen LogP contribution in [-0.4, -0.2) is 5.91 Å². The Morgan fingerprint density at radius 3 is 2.55 bits per heavy atom. The van der Waals surface area contributed by atoms with Crippen LogP contribution in [0, 0.1) is 5.82 Å². The van der Waals surface area contributed by atoms with Crippen LogP contribution in [0.3, 0.4) is 0 Å². The van der Waals surface area contributed by atoms with Crippen molar-refractivity contribution in [3.8, 4) is 11.3 Å². The number of amides is 1. The van der Waals surface area contributed by atoms with Gasteiger partial charge in [0.05, 0.1) is 10.9 Å². The van der Waals surface area contributed by atoms with Gasteiger partial charge in [0.15, 0.2) is 11.2 Å². The predicted octanol–water partition coefficient (Wildman–Crippen LogP) is 6.25. The molecule has 0 aliphatic carbocycles. The number of hydrogen-bond acceptors (Lipinski definition) is 4. The number of benzene rings is 3. The highest BCUT2D eigenvalue weighted by Gasteiger charge is 2.15. The SMILES string of the molecule is O=C(Nc1ccc2oc(-c3ccccc3F)cc(=O)c2c1)c1cc2cc(Cl)ccc2o1. The van der Waals surface area contributed by atoms with Gasteiger partial charge in [-0.25, -0.2) is 4.39 Å². The van der Waals surface area contributed by atoms with E-state index < -0.39 is 11.7 Å². The molecule has 0 aliphatic heterocycles. The van der Waals surface area contributed by atoms with Gasteiger partial charge in [0, 0.05) is 22.2 Å². The minimum atomic E-state index is -0.485. The van der Waals surface area contributed by atoms with Gasteiger partial charge in [0.2, 0.25) is 0 Å². The molecule has 2 aromatic heterocycles. The van der Waals surface area contributed by atoms with Crippen molar-refractivity contribution in [3.05, 3.63) is 99.6 Å². The van der Waals surface area contributed by atoms with Crippen molar-refractivity contribution in [2.75, 3.05) is 5.32 Å². The molecule has 1 amide bonds. The smallest absolute Gasteiger partial charge is 0.291 e. The predicted molar refractivity (Wildman–Crippen MR) is 117 cm³/mol. The Labute approximate surface area is 179 Å². The molecule has 31 heavy (non-hydrogen) atoms. The van der Waals surface area contributed by atoms with Crippen LogP contribution >= 0.6 is 11.6 Å². The second kappa shape index (κ2) is 7.41. The van der Waals surface area contributed by atoms with Crippen LogP contribution in [0.2, 0.25) is 5.02 Å². The van der Waals surface area contributed by atoms with Crippen LogP contribution in [0.5, 0.6) is 0 Å². The molecule has 1 N–H and O–H groups in total. The third kappa shape index (κ3) is 3.58. The molecule has 7 heteroatoms. The van der Waals surface area contributed by atoms with Gasteiger partial charge < -0.3 is 14.2 Å². The van der Waals surface area contributed by atoms with E-state index in [1.807, 2.05) is 0 Å². The van der Waals surface area contributed by atoms with Crippen molar-refractivity contribution in [3.63, 3.8) is 0 Å². The van der Waals surface area contributed by atoms with E-state index >= 15 is 0 Å². The lowest BCUT2D eigenvalue weighted by molar-refractivity contribution is 0.0998. The summed E-state index contributed by atoms with van der Waals surface area (Å²) in [5.74, 6) is -0.715. The standard InChI is InChI=1S/C24H13ClFNO4/c25-14-5-7-20-13(9-14)10-23(30-20)24(29)27-15-6-8-21-17(11-15)19(28)12-22(31-21)16-3-1-2-4-18(16)26/h1-12H,(H,27,29). The fourth-order valence-corrected chi connectivity index (χ4v) is 3.53. The number of rotatable bonds is 3. The van der Waals surface area contributed by atoms with Crippen molar-refractivity contribution in [1.82, 2.24) is 0 Å². The summed E-state index contributed by atoms with van der Waals surface area (Å²) in [4.78, 5) is 25.2. The summed E-state index contributed by atoms with van der Waals surface area (Å²) in [6.07, 6.45) is 0. The minimum absolute atomic E-state index is 0.110. The van der Waals surface area contributed by atoms with Gasteiger partial charge >= 0.3 is 0 Å². The summed E-state index contributed by atoms with van der Waals surface area (Å²) in [5.41, 5.74) is 1.05. The Bertz CT molecular complexity index is 1540. The molecule has 0 spiro atoms. The van der Waals surface area contributed by atoms with Crippen molar-refractivity contribution in [2.24, 2.45) is 0 Å². The molecule has 0 atom stereocenters. The van der Waals surface area contributed by atoms with Crippen molar-refractivity contribution in [2.45, 2.75) is 0 Å². The Morgan fingerprint density at radius 1 is 0.903 bits per heavy atom. The highest BCUT2D eigenvalue weighted by Crippen LogP contribution is 2.27. The molecule has 3 aromatic carbocycles. The van der Waals surface area contributed by atoms with E-state index in [4.69, 9.17) is 20.4 Å². The molecule has 0 saturated carbocycles. The Hall–Kier alpha value is -3.90. The number of halogens is 2. The molecule has 0 unspecified atom stereocenters. The molecule has 0 aliphatic rings. The second-order valence-corrected chi connectivity index (χ2v) is 7.35. The normalized spacial score (nSPS) is 11.2. The van der Waals surface area contributed by atoms with E-state index in [0.717, 1.165) is 0 Å². The lowest BCUT2D eigenvalue weighted by Crippen LogP contribution is -2.11. The number of carbonyl (C=O) groups excluding carboxylic acids is 1. The maximum Gasteiger partial charge on any atom is 0.291 e. The van der Waals surface area contributed by atoms with Gasteiger partial charge in [0.25, 0.3) is 5.91 Å². The Kier molecular flexibility index (Phi) is 4.56. The lowest BCUT2D eigenvalue weighted by atomic mass is 10.1. The number of hydrogen-bond donors (Lipinski definition) is 1. The summed E-state index contributed by atoms with van der Waals surface area (Å²) >= 11 is 5.96. The van der Waals surface area contributed by atoms with E-state index in [2.05, 4.69) is 5.32 Å². The van der Waals surface area contributed by atoms with Gasteiger partial charge in [-0.15, -0.1) is 0 Å². The first kappa shape index (κ1) is 19.1. The number of furan rings is 1. The van der Waals surface area contributed by atoms with Crippen molar-refractivity contribution < 1.29 is 18.0 Å². The zero-order valence-corrected chi connectivity index (χ0v) is 16.6. The quantitative estimate of drug-likeness (QED) is 0.365. The van der Waals surface area contributed by atoms with Crippen LogP contribution in [0.1, 0.15) is 10.6 Å². The molecule has 2 heterocycles. The number of nitrogens with one attached hydrogen (secondary N) is 1. The molecular weight excluding hydrogens is 421 g/mol. The van der Waals surface area contributed by atoms with Gasteiger partial charge in [0.1, 0.15) is 22.7 Å². The van der Waals surface area contributed by atoms with Crippen LogP contribution < -0.4 is 10.7 Å². The number of fused-ring (bicyclic) bond motifs is 2. The fourth-order valence-electron chi connectivity index (χ4n) is 3.35. The highest BCUT2D eigenvalue weighted by atomic mass is 35.5. The molecule has 5 rings (SSSR count). The first-order chi connectivity index (χ1) is 15.0. The molecule has 152 valence electrons. The maximum absolute atomic E-state index is 14.0. The molecule has 0 saturated heterocycles. The third-order valence-electron chi connectivity index (χ3n) is 4.83. The average molecular weight is 434 g/mol. The van der Waals surface area contributed by atoms with Gasteiger partial charge in [-0.05, 0) is 54.6 Å². The van der Waals surface area contributed by atoms with Gasteiger partial charge in [-0.3, -0.25) is 9.59 Å². The lowest BCUT2D eigenvalue weighted by Gasteiger charge is -2.07. The molecular formula is C24H13ClFNO4. The second-order valence-electron chi connectivity index (χ2n) is 6.91. The minimum Gasteiger partial charge on any atom is -0.456 e. The van der Waals surface area contributed by atoms with Gasteiger partial charge in [-0.2, -0.15) is 0 Å². The van der Waals surface area contributed by atoms with E-state index in [-0.39, 0.29) is 33.5 Å². The summed E-state index contributed by atoms with van der Waals surface area (Å²) in [5, 5.41) is 4.21. The summed E-state index contributed by atoms with van der Waals surface area (Å²) in [6, 6.07) is 18.6. The first-order valence-corrected chi connectivity index (χ1v) is 9.69. The molecule has 0 fully saturated rings. The maximum atomic E-state index is 14.0. The highest BCUT2D eigenvalue weighted by molar-refractivity contribution is 6.31. The average Bonchev–Trinajstić information content (AvgIpc) is 3.18. The molecule has 5 nitrogen and oxygen atoms in total. The van der Waals surface area contributed by atoms with Gasteiger partial charge in [-0.1, -0.05) is 23.7 Å². The zero-order valence-electron chi connectivity index (χ0n) is 15.8. The summed E-state index contributed by atoms with van der Waals surface area (Å²) in [7, 11) is 0.